The second kappa shape index (κ2) is 13.3. The van der Waals surface area contributed by atoms with Crippen molar-refractivity contribution in [1.82, 2.24) is 29.8 Å². The van der Waals surface area contributed by atoms with Crippen molar-refractivity contribution in [1.29, 1.82) is 0 Å². The van der Waals surface area contributed by atoms with Crippen LogP contribution < -0.4 is 8.43 Å². The zero-order valence-corrected chi connectivity index (χ0v) is 25.4. The van der Waals surface area contributed by atoms with Crippen LogP contribution in [0.2, 0.25) is 0 Å². The molecule has 1 saturated carbocycles. The molecule has 5 rings (SSSR count). The number of carbonyl (C=O) groups excluding carboxylic acids is 1. The monoisotopic (exact) mass is 662 g/mol. The largest absolute Gasteiger partial charge is 0.466 e. The fourth-order valence-electron chi connectivity index (χ4n) is 5.19. The van der Waals surface area contributed by atoms with Crippen molar-refractivity contribution in [2.75, 3.05) is 28.1 Å². The number of likely N-dealkylation sites (tertiary alicyclic amines) is 1. The molecule has 4 heterocycles. The predicted molar refractivity (Wildman–Crippen MR) is 161 cm³/mol. The molecule has 1 saturated heterocycles. The van der Waals surface area contributed by atoms with Gasteiger partial charge in [0.15, 0.2) is 10.9 Å². The average molecular weight is 663 g/mol. The molecule has 0 spiro atoms. The van der Waals surface area contributed by atoms with Gasteiger partial charge in [-0.2, -0.15) is 0 Å². The topological polar surface area (TPSA) is 109 Å². The number of ether oxygens (including phenoxy) is 1. The summed E-state index contributed by atoms with van der Waals surface area (Å²) in [5.74, 6) is 1.25. The van der Waals surface area contributed by atoms with Crippen LogP contribution >= 0.6 is 34.2 Å². The Morgan fingerprint density at radius 1 is 1.13 bits per heavy atom. The standard InChI is InChI=1S/C27H35IN8O2S/c1-3-38-25(37)19-8-7-11-35(16-19)17-20-13-30-24(15-29-20)34-27-31-14-23(39-27)22-12-18(2)32-26(33-22)36(28)21-9-5-4-6-10-21/h12-15,19,21H,3-11,16-17H2,1-2H3,(H,30,31,34). The fourth-order valence-corrected chi connectivity index (χ4v) is 6.74. The summed E-state index contributed by atoms with van der Waals surface area (Å²) in [6.07, 6.45) is 13.5. The van der Waals surface area contributed by atoms with Crippen LogP contribution in [-0.2, 0) is 16.1 Å². The van der Waals surface area contributed by atoms with Gasteiger partial charge in [-0.1, -0.05) is 30.6 Å². The summed E-state index contributed by atoms with van der Waals surface area (Å²) in [6, 6.07) is 2.50. The maximum absolute atomic E-state index is 12.1. The third-order valence-corrected chi connectivity index (χ3v) is 9.29. The van der Waals surface area contributed by atoms with E-state index in [0.717, 1.165) is 52.4 Å². The minimum atomic E-state index is -0.0974. The zero-order chi connectivity index (χ0) is 27.2. The quantitative estimate of drug-likeness (QED) is 0.174. The van der Waals surface area contributed by atoms with Crippen molar-refractivity contribution in [3.8, 4) is 10.6 Å². The first-order valence-electron chi connectivity index (χ1n) is 13.7. The summed E-state index contributed by atoms with van der Waals surface area (Å²) in [5, 5.41) is 4.00. The molecule has 2 aliphatic rings. The van der Waals surface area contributed by atoms with E-state index in [1.807, 2.05) is 26.1 Å². The van der Waals surface area contributed by atoms with Crippen LogP contribution in [-0.4, -0.2) is 61.5 Å². The molecule has 0 amide bonds. The van der Waals surface area contributed by atoms with E-state index < -0.39 is 0 Å². The molecule has 0 bridgehead atoms. The Morgan fingerprint density at radius 2 is 1.97 bits per heavy atom. The molecule has 1 atom stereocenters. The second-order valence-corrected chi connectivity index (χ2v) is 12.2. The Kier molecular flexibility index (Phi) is 9.56. The molecule has 10 nitrogen and oxygen atoms in total. The van der Waals surface area contributed by atoms with Crippen LogP contribution in [0.4, 0.5) is 16.9 Å². The molecular weight excluding hydrogens is 627 g/mol. The molecule has 2 fully saturated rings. The van der Waals surface area contributed by atoms with Crippen LogP contribution in [0.3, 0.4) is 0 Å². The Balaban J connectivity index is 1.20. The maximum atomic E-state index is 12.1. The number of piperidine rings is 1. The van der Waals surface area contributed by atoms with Gasteiger partial charge in [-0.05, 0) is 52.1 Å². The summed E-state index contributed by atoms with van der Waals surface area (Å²) in [5.41, 5.74) is 2.69. The lowest BCUT2D eigenvalue weighted by Gasteiger charge is -2.31. The number of halogens is 1. The van der Waals surface area contributed by atoms with Crippen molar-refractivity contribution < 1.29 is 9.53 Å². The fraction of sp³-hybridized carbons (Fsp3) is 0.556. The molecule has 1 N–H and O–H groups in total. The van der Waals surface area contributed by atoms with E-state index >= 15 is 0 Å². The predicted octanol–water partition coefficient (Wildman–Crippen LogP) is 5.71. The lowest BCUT2D eigenvalue weighted by Crippen LogP contribution is -2.39. The molecule has 0 radical (unpaired) electrons. The van der Waals surface area contributed by atoms with Gasteiger partial charge in [0, 0.05) is 31.0 Å². The number of aromatic nitrogens is 5. The number of esters is 1. The number of hydrogen-bond donors (Lipinski definition) is 1. The van der Waals surface area contributed by atoms with Gasteiger partial charge in [0.2, 0.25) is 5.95 Å². The smallest absolute Gasteiger partial charge is 0.310 e. The van der Waals surface area contributed by atoms with Crippen LogP contribution in [0.15, 0.2) is 24.7 Å². The van der Waals surface area contributed by atoms with Gasteiger partial charge in [0.05, 0.1) is 64.0 Å². The Hall–Kier alpha value is -2.45. The van der Waals surface area contributed by atoms with Crippen molar-refractivity contribution in [3.63, 3.8) is 0 Å². The molecule has 1 aliphatic carbocycles. The van der Waals surface area contributed by atoms with Crippen molar-refractivity contribution in [2.45, 2.75) is 71.4 Å². The maximum Gasteiger partial charge on any atom is 0.310 e. The summed E-state index contributed by atoms with van der Waals surface area (Å²) < 4.78 is 7.43. The highest BCUT2D eigenvalue weighted by Gasteiger charge is 2.27. The Labute approximate surface area is 247 Å². The number of carbonyl (C=O) groups is 1. The van der Waals surface area contributed by atoms with Gasteiger partial charge in [0.1, 0.15) is 0 Å². The van der Waals surface area contributed by atoms with Gasteiger partial charge in [-0.25, -0.2) is 19.9 Å². The normalized spacial score (nSPS) is 18.6. The van der Waals surface area contributed by atoms with Gasteiger partial charge < -0.3 is 10.1 Å². The highest BCUT2D eigenvalue weighted by atomic mass is 127. The lowest BCUT2D eigenvalue weighted by molar-refractivity contribution is -0.150. The SMILES string of the molecule is CCOC(=O)C1CCCN(Cc2cnc(Nc3ncc(-c4cc(C)nc(N(I)C5CCCCC5)n4)s3)cn2)C1. The number of nitrogens with one attached hydrogen (secondary N) is 1. The van der Waals surface area contributed by atoms with E-state index in [4.69, 9.17) is 14.7 Å². The first-order chi connectivity index (χ1) is 19.0. The van der Waals surface area contributed by atoms with E-state index in [0.29, 0.717) is 31.6 Å². The van der Waals surface area contributed by atoms with E-state index in [1.165, 1.54) is 43.4 Å². The van der Waals surface area contributed by atoms with Gasteiger partial charge in [-0.3, -0.25) is 17.8 Å². The molecule has 1 unspecified atom stereocenters. The van der Waals surface area contributed by atoms with E-state index in [-0.39, 0.29) is 11.9 Å². The number of hydrogen-bond acceptors (Lipinski definition) is 11. The van der Waals surface area contributed by atoms with Crippen LogP contribution in [0.25, 0.3) is 10.6 Å². The summed E-state index contributed by atoms with van der Waals surface area (Å²) in [7, 11) is 0. The Bertz CT molecular complexity index is 1250. The van der Waals surface area contributed by atoms with E-state index in [1.54, 1.807) is 12.4 Å². The highest BCUT2D eigenvalue weighted by Crippen LogP contribution is 2.33. The minimum Gasteiger partial charge on any atom is -0.466 e. The van der Waals surface area contributed by atoms with Crippen LogP contribution in [0, 0.1) is 12.8 Å². The number of thiazole rings is 1. The first kappa shape index (κ1) is 28.1. The van der Waals surface area contributed by atoms with Crippen LogP contribution in [0.1, 0.15) is 63.3 Å². The van der Waals surface area contributed by atoms with Crippen molar-refractivity contribution >= 4 is 57.1 Å². The van der Waals surface area contributed by atoms with E-state index in [9.17, 15) is 4.79 Å². The second-order valence-electron chi connectivity index (χ2n) is 10.2. The molecule has 1 aliphatic heterocycles. The summed E-state index contributed by atoms with van der Waals surface area (Å²) >= 11 is 3.90. The van der Waals surface area contributed by atoms with E-state index in [2.05, 4.69) is 51.1 Å². The zero-order valence-electron chi connectivity index (χ0n) is 22.5. The first-order valence-corrected chi connectivity index (χ1v) is 15.5. The average Bonchev–Trinajstić information content (AvgIpc) is 3.43. The Morgan fingerprint density at radius 3 is 2.74 bits per heavy atom. The molecule has 208 valence electrons. The highest BCUT2D eigenvalue weighted by molar-refractivity contribution is 14.1. The van der Waals surface area contributed by atoms with Gasteiger partial charge >= 0.3 is 5.97 Å². The molecule has 39 heavy (non-hydrogen) atoms. The molecule has 3 aromatic heterocycles. The van der Waals surface area contributed by atoms with Gasteiger partial charge in [0.25, 0.3) is 0 Å². The molecule has 3 aromatic rings. The van der Waals surface area contributed by atoms with Crippen molar-refractivity contribution in [2.24, 2.45) is 5.92 Å². The number of anilines is 3. The third-order valence-electron chi connectivity index (χ3n) is 7.14. The molecular formula is C27H35IN8O2S. The third kappa shape index (κ3) is 7.40. The summed E-state index contributed by atoms with van der Waals surface area (Å²) in [6.45, 7) is 6.59. The van der Waals surface area contributed by atoms with Gasteiger partial charge in [-0.15, -0.1) is 0 Å². The molecule has 12 heteroatoms. The summed E-state index contributed by atoms with van der Waals surface area (Å²) in [4.78, 5) is 38.6. The number of aryl methyl sites for hydroxylation is 1. The number of rotatable bonds is 9. The lowest BCUT2D eigenvalue weighted by atomic mass is 9.96. The van der Waals surface area contributed by atoms with Crippen molar-refractivity contribution in [3.05, 3.63) is 36.0 Å². The number of nitrogens with zero attached hydrogens (tertiary/aromatic N) is 7. The van der Waals surface area contributed by atoms with Crippen LogP contribution in [0.5, 0.6) is 0 Å². The minimum absolute atomic E-state index is 0.0614. The molecule has 0 aromatic carbocycles.